The maximum absolute atomic E-state index is 9.23. The largest absolute Gasteiger partial charge is 0.389 e. The van der Waals surface area contributed by atoms with Crippen LogP contribution in [0.1, 0.15) is 10.6 Å². The Kier molecular flexibility index (Phi) is 3.12. The van der Waals surface area contributed by atoms with Crippen LogP contribution in [0.4, 0.5) is 0 Å². The van der Waals surface area contributed by atoms with Gasteiger partial charge < -0.3 is 5.11 Å². The van der Waals surface area contributed by atoms with Crippen molar-refractivity contribution in [1.29, 1.82) is 0 Å². The summed E-state index contributed by atoms with van der Waals surface area (Å²) in [7, 11) is 0. The molecule has 1 aliphatic rings. The number of aliphatic hydroxyl groups is 1. The monoisotopic (exact) mass is 214 g/mol. The normalized spacial score (nSPS) is 23.1. The third kappa shape index (κ3) is 2.30. The average molecular weight is 214 g/mol. The predicted octanol–water partition coefficient (Wildman–Crippen LogP) is 0.602. The molecule has 0 bridgehead atoms. The minimum atomic E-state index is -0.322. The van der Waals surface area contributed by atoms with Crippen LogP contribution in [-0.4, -0.2) is 41.0 Å². The van der Waals surface area contributed by atoms with Crippen LogP contribution in [0, 0.1) is 6.92 Å². The lowest BCUT2D eigenvalue weighted by molar-refractivity contribution is -0.109. The van der Waals surface area contributed by atoms with Crippen LogP contribution in [-0.2, 0) is 11.3 Å². The number of aliphatic hydroxyl groups excluding tert-OH is 1. The van der Waals surface area contributed by atoms with E-state index in [1.807, 2.05) is 17.5 Å². The fourth-order valence-corrected chi connectivity index (χ4v) is 2.25. The highest BCUT2D eigenvalue weighted by atomic mass is 32.1. The zero-order chi connectivity index (χ0) is 9.97. The van der Waals surface area contributed by atoms with Gasteiger partial charge in [0, 0.05) is 11.4 Å². The van der Waals surface area contributed by atoms with Crippen LogP contribution in [0.3, 0.4) is 0 Å². The summed E-state index contributed by atoms with van der Waals surface area (Å²) in [4.78, 5) is 10.8. The average Bonchev–Trinajstić information content (AvgIpc) is 2.72. The molecule has 14 heavy (non-hydrogen) atoms. The van der Waals surface area contributed by atoms with Gasteiger partial charge in [0.15, 0.2) is 0 Å². The van der Waals surface area contributed by atoms with E-state index in [2.05, 4.69) is 4.98 Å². The molecule has 0 aromatic carbocycles. The van der Waals surface area contributed by atoms with E-state index in [4.69, 9.17) is 4.84 Å². The molecule has 1 N–H and O–H groups in total. The van der Waals surface area contributed by atoms with Crippen molar-refractivity contribution in [2.45, 2.75) is 19.4 Å². The van der Waals surface area contributed by atoms with Crippen LogP contribution < -0.4 is 0 Å². The van der Waals surface area contributed by atoms with Gasteiger partial charge in [-0.25, -0.2) is 4.98 Å². The summed E-state index contributed by atoms with van der Waals surface area (Å²) in [5.74, 6) is 0. The van der Waals surface area contributed by atoms with Crippen LogP contribution in [0.15, 0.2) is 5.51 Å². The molecule has 0 saturated carbocycles. The van der Waals surface area contributed by atoms with Gasteiger partial charge in [0.25, 0.3) is 0 Å². The summed E-state index contributed by atoms with van der Waals surface area (Å²) in [5.41, 5.74) is 2.97. The molecule has 1 aromatic rings. The first kappa shape index (κ1) is 10.0. The third-order valence-electron chi connectivity index (χ3n) is 2.30. The second-order valence-electron chi connectivity index (χ2n) is 3.45. The Hall–Kier alpha value is -0.490. The smallest absolute Gasteiger partial charge is 0.0958 e. The molecule has 1 aliphatic heterocycles. The molecule has 1 atom stereocenters. The summed E-state index contributed by atoms with van der Waals surface area (Å²) in [6.45, 7) is 3.91. The predicted molar refractivity (Wildman–Crippen MR) is 54.1 cm³/mol. The highest BCUT2D eigenvalue weighted by Crippen LogP contribution is 2.14. The maximum Gasteiger partial charge on any atom is 0.0958 e. The van der Waals surface area contributed by atoms with E-state index in [-0.39, 0.29) is 6.10 Å². The third-order valence-corrected chi connectivity index (χ3v) is 3.29. The Morgan fingerprint density at radius 2 is 2.64 bits per heavy atom. The maximum atomic E-state index is 9.23. The van der Waals surface area contributed by atoms with Gasteiger partial charge in [0.1, 0.15) is 0 Å². The van der Waals surface area contributed by atoms with Crippen LogP contribution in [0.5, 0.6) is 0 Å². The lowest BCUT2D eigenvalue weighted by Gasteiger charge is -2.12. The molecule has 0 radical (unpaired) electrons. The van der Waals surface area contributed by atoms with E-state index in [1.54, 1.807) is 11.3 Å². The van der Waals surface area contributed by atoms with E-state index in [9.17, 15) is 5.11 Å². The topological polar surface area (TPSA) is 45.6 Å². The van der Waals surface area contributed by atoms with Gasteiger partial charge in [-0.3, -0.25) is 4.84 Å². The summed E-state index contributed by atoms with van der Waals surface area (Å²) in [6.07, 6.45) is 0.626. The first-order valence-electron chi connectivity index (χ1n) is 4.70. The highest BCUT2D eigenvalue weighted by Gasteiger charge is 2.21. The van der Waals surface area contributed by atoms with Gasteiger partial charge in [-0.05, 0) is 13.3 Å². The van der Waals surface area contributed by atoms with E-state index < -0.39 is 0 Å². The van der Waals surface area contributed by atoms with Crippen molar-refractivity contribution in [2.75, 3.05) is 19.7 Å². The number of thiazole rings is 1. The van der Waals surface area contributed by atoms with Gasteiger partial charge in [-0.1, -0.05) is 0 Å². The molecule has 2 heterocycles. The molecule has 0 unspecified atom stereocenters. The fourth-order valence-electron chi connectivity index (χ4n) is 1.48. The lowest BCUT2D eigenvalue weighted by atomic mass is 10.3. The molecular weight excluding hydrogens is 200 g/mol. The first-order chi connectivity index (χ1) is 6.75. The number of rotatable bonds is 3. The Bertz CT molecular complexity index is 303. The van der Waals surface area contributed by atoms with Crippen molar-refractivity contribution in [2.24, 2.45) is 0 Å². The number of aryl methyl sites for hydroxylation is 1. The van der Waals surface area contributed by atoms with E-state index in [1.165, 1.54) is 4.88 Å². The SMILES string of the molecule is Cc1ncsc1CCN1C[C@@H](O)CO1. The minimum Gasteiger partial charge on any atom is -0.389 e. The Morgan fingerprint density at radius 3 is 3.21 bits per heavy atom. The van der Waals surface area contributed by atoms with Crippen molar-refractivity contribution in [3.05, 3.63) is 16.1 Å². The van der Waals surface area contributed by atoms with Crippen molar-refractivity contribution in [3.63, 3.8) is 0 Å². The number of hydrogen-bond donors (Lipinski definition) is 1. The molecule has 4 nitrogen and oxygen atoms in total. The van der Waals surface area contributed by atoms with E-state index >= 15 is 0 Å². The number of nitrogens with zero attached hydrogens (tertiary/aromatic N) is 2. The van der Waals surface area contributed by atoms with Crippen molar-refractivity contribution in [1.82, 2.24) is 10.0 Å². The lowest BCUT2D eigenvalue weighted by Crippen LogP contribution is -2.23. The van der Waals surface area contributed by atoms with Gasteiger partial charge in [0.05, 0.1) is 30.5 Å². The molecule has 0 aliphatic carbocycles. The van der Waals surface area contributed by atoms with Crippen molar-refractivity contribution < 1.29 is 9.94 Å². The number of β-amino-alcohol motifs (C(OH)–C–C–N with tert-alkyl or cyclic N) is 1. The minimum absolute atomic E-state index is 0.322. The van der Waals surface area contributed by atoms with Crippen molar-refractivity contribution >= 4 is 11.3 Å². The second-order valence-corrected chi connectivity index (χ2v) is 4.39. The molecule has 2 rings (SSSR count). The summed E-state index contributed by atoms with van der Waals surface area (Å²) in [5, 5.41) is 11.1. The molecular formula is C9H14N2O2S. The molecule has 0 spiro atoms. The zero-order valence-corrected chi connectivity index (χ0v) is 8.96. The van der Waals surface area contributed by atoms with Gasteiger partial charge in [-0.2, -0.15) is 5.06 Å². The zero-order valence-electron chi connectivity index (χ0n) is 8.14. The fraction of sp³-hybridized carbons (Fsp3) is 0.667. The van der Waals surface area contributed by atoms with E-state index in [0.717, 1.165) is 18.7 Å². The van der Waals surface area contributed by atoms with Crippen LogP contribution in [0.25, 0.3) is 0 Å². The van der Waals surface area contributed by atoms with Gasteiger partial charge in [-0.15, -0.1) is 11.3 Å². The number of hydrogen-bond acceptors (Lipinski definition) is 5. The summed E-state index contributed by atoms with van der Waals surface area (Å²) in [6, 6.07) is 0. The summed E-state index contributed by atoms with van der Waals surface area (Å²) < 4.78 is 0. The first-order valence-corrected chi connectivity index (χ1v) is 5.58. The molecule has 78 valence electrons. The number of aromatic nitrogens is 1. The van der Waals surface area contributed by atoms with Crippen LogP contribution >= 0.6 is 11.3 Å². The molecule has 0 amide bonds. The van der Waals surface area contributed by atoms with Crippen LogP contribution in [0.2, 0.25) is 0 Å². The quantitative estimate of drug-likeness (QED) is 0.800. The Balaban J connectivity index is 1.80. The standard InChI is InChI=1S/C9H14N2O2S/c1-7-9(14-6-10-7)2-3-11-4-8(12)5-13-11/h6,8,12H,2-5H2,1H3/t8-/m1/s1. The van der Waals surface area contributed by atoms with Crippen molar-refractivity contribution in [3.8, 4) is 0 Å². The highest BCUT2D eigenvalue weighted by molar-refractivity contribution is 7.09. The molecule has 1 saturated heterocycles. The second kappa shape index (κ2) is 4.35. The van der Waals surface area contributed by atoms with E-state index in [0.29, 0.717) is 13.2 Å². The van der Waals surface area contributed by atoms with Gasteiger partial charge >= 0.3 is 0 Å². The Labute approximate surface area is 87.1 Å². The van der Waals surface area contributed by atoms with Gasteiger partial charge in [0.2, 0.25) is 0 Å². The number of hydroxylamine groups is 2. The molecule has 1 aromatic heterocycles. The Morgan fingerprint density at radius 1 is 1.79 bits per heavy atom. The molecule has 5 heteroatoms. The molecule has 1 fully saturated rings. The summed E-state index contributed by atoms with van der Waals surface area (Å²) >= 11 is 1.68.